The van der Waals surface area contributed by atoms with Gasteiger partial charge in [0, 0.05) is 68.1 Å². The van der Waals surface area contributed by atoms with Crippen molar-refractivity contribution in [3.05, 3.63) is 121 Å². The molecule has 18 nitrogen and oxygen atoms in total. The Balaban J connectivity index is 0.000000658. The number of carboxylic acid groups (broad SMARTS) is 1. The number of aromatic nitrogens is 3. The fourth-order valence-corrected chi connectivity index (χ4v) is 9.35. The van der Waals surface area contributed by atoms with E-state index >= 15 is 0 Å². The summed E-state index contributed by atoms with van der Waals surface area (Å²) in [6, 6.07) is 17.0. The summed E-state index contributed by atoms with van der Waals surface area (Å²) in [5, 5.41) is 26.8. The smallest absolute Gasteiger partial charge is 0.407 e. The van der Waals surface area contributed by atoms with E-state index < -0.39 is 30.2 Å². The molecule has 5 N–H and O–H groups in total. The van der Waals surface area contributed by atoms with Gasteiger partial charge in [0.05, 0.1) is 44.9 Å². The summed E-state index contributed by atoms with van der Waals surface area (Å²) >= 11 is 4.58. The van der Waals surface area contributed by atoms with Crippen LogP contribution in [0.25, 0.3) is 0 Å². The number of aliphatic carboxylic acids is 1. The van der Waals surface area contributed by atoms with E-state index in [-0.39, 0.29) is 68.6 Å². The van der Waals surface area contributed by atoms with Crippen molar-refractivity contribution in [1.29, 1.82) is 0 Å². The lowest BCUT2D eigenvalue weighted by atomic mass is 9.96. The van der Waals surface area contributed by atoms with Gasteiger partial charge in [0.25, 0.3) is 0 Å². The standard InChI is InChI=1S/C37H49N7O4S2.C14H24N4O3S.CH4.HI/c1-26(2)35-40-31(24-49-35)21-44(5)36(46)42-33(22-43(3)4)34(45)39-29(18-27-12-8-6-9-13-27)16-17-30(19-28-14-10-7-11-15-28)41-37(47)48-23-32-20-38-25-50-32;1-9(2)12-15-10(8-22-12)6-18(5)14(21)16-11(13(19)20)7-17(3)4;;/h6-15,20,24-26,29-30,33H,16-19,21-23H2,1-5H3,(H,39,45)(H,41,47)(H,42,46);8-9,11H,6-7H2,1-5H3,(H,16,21)(H,19,20);1H4;1H/t29-,30-,33?;;;/m1.../s1. The molecular weight excluding hydrogens is 1110 g/mol. The van der Waals surface area contributed by atoms with Crippen LogP contribution in [0.2, 0.25) is 0 Å². The molecule has 2 unspecified atom stereocenters. The highest BCUT2D eigenvalue weighted by Gasteiger charge is 2.27. The predicted octanol–water partition coefficient (Wildman–Crippen LogP) is 8.52. The van der Waals surface area contributed by atoms with Gasteiger partial charge >= 0.3 is 24.1 Å². The van der Waals surface area contributed by atoms with Gasteiger partial charge in [-0.3, -0.25) is 9.78 Å². The summed E-state index contributed by atoms with van der Waals surface area (Å²) in [5.41, 5.74) is 5.49. The number of carbonyl (C=O) groups is 5. The number of nitrogens with zero attached hydrogens (tertiary/aromatic N) is 7. The fourth-order valence-electron chi connectivity index (χ4n) is 7.19. The van der Waals surface area contributed by atoms with Crippen molar-refractivity contribution in [2.45, 2.75) is 117 Å². The normalized spacial score (nSPS) is 12.5. The van der Waals surface area contributed by atoms with Crippen molar-refractivity contribution in [2.24, 2.45) is 0 Å². The number of hydrogen-bond acceptors (Lipinski definition) is 14. The van der Waals surface area contributed by atoms with Gasteiger partial charge in [-0.2, -0.15) is 0 Å². The monoisotopic (exact) mass is 1190 g/mol. The van der Waals surface area contributed by atoms with E-state index in [1.807, 2.05) is 90.4 Å². The summed E-state index contributed by atoms with van der Waals surface area (Å²) in [6.45, 7) is 9.72. The molecule has 0 aliphatic heterocycles. The number of carbonyl (C=O) groups excluding carboxylic acids is 4. The minimum Gasteiger partial charge on any atom is -0.480 e. The van der Waals surface area contributed by atoms with Gasteiger partial charge < -0.3 is 50.7 Å². The largest absolute Gasteiger partial charge is 0.480 e. The van der Waals surface area contributed by atoms with Crippen LogP contribution in [0, 0.1) is 0 Å². The maximum absolute atomic E-state index is 13.9. The molecule has 22 heteroatoms. The molecule has 0 saturated carbocycles. The van der Waals surface area contributed by atoms with Crippen LogP contribution in [0.4, 0.5) is 14.4 Å². The van der Waals surface area contributed by atoms with Crippen molar-refractivity contribution in [1.82, 2.24) is 55.8 Å². The molecule has 0 aliphatic rings. The molecule has 0 saturated heterocycles. The van der Waals surface area contributed by atoms with E-state index in [2.05, 4.69) is 63.9 Å². The Kier molecular flexibility index (Phi) is 29.5. The summed E-state index contributed by atoms with van der Waals surface area (Å²) in [5.74, 6) is -0.647. The maximum atomic E-state index is 13.9. The zero-order valence-corrected chi connectivity index (χ0v) is 48.4. The number of benzene rings is 2. The molecule has 5 aromatic rings. The third kappa shape index (κ3) is 23.9. The molecule has 5 rings (SSSR count). The summed E-state index contributed by atoms with van der Waals surface area (Å²) in [6.07, 6.45) is 3.54. The molecule has 4 atom stereocenters. The van der Waals surface area contributed by atoms with E-state index in [0.29, 0.717) is 57.2 Å². The third-order valence-corrected chi connectivity index (χ3v) is 14.1. The number of ether oxygens (including phenoxy) is 1. The quantitative estimate of drug-likeness (QED) is 0.0348. The number of thiazole rings is 3. The van der Waals surface area contributed by atoms with Crippen LogP contribution in [-0.4, -0.2) is 149 Å². The first-order chi connectivity index (χ1) is 34.3. The fraction of sp³-hybridized carbons (Fsp3) is 0.500. The Morgan fingerprint density at radius 1 is 0.635 bits per heavy atom. The average Bonchev–Trinajstić information content (AvgIpc) is 4.14. The molecule has 3 heterocycles. The number of likely N-dealkylation sites (N-methyl/N-ethyl adjacent to an activating group) is 2. The number of amides is 6. The van der Waals surface area contributed by atoms with Crippen LogP contribution in [0.15, 0.2) is 83.1 Å². The summed E-state index contributed by atoms with van der Waals surface area (Å²) in [4.78, 5) is 83.9. The lowest BCUT2D eigenvalue weighted by Gasteiger charge is -2.28. The van der Waals surface area contributed by atoms with Crippen LogP contribution < -0.4 is 21.3 Å². The number of nitrogens with one attached hydrogen (secondary N) is 4. The van der Waals surface area contributed by atoms with Gasteiger partial charge in [-0.25, -0.2) is 29.1 Å². The lowest BCUT2D eigenvalue weighted by molar-refractivity contribution is -0.139. The van der Waals surface area contributed by atoms with Gasteiger partial charge in [0.1, 0.15) is 18.7 Å². The first kappa shape index (κ1) is 64.8. The minimum atomic E-state index is -1.05. The SMILES string of the molecule is C.CC(C)c1nc(CN(C)C(=O)NC(CN(C)C)C(=O)N[C@H](CC[C@H](Cc2ccccc2)NC(=O)OCc2cncs2)Cc2ccccc2)cs1.CC(C)c1nc(CN(C)C(=O)NC(CN(C)C)C(=O)O)cs1.I. The van der Waals surface area contributed by atoms with Gasteiger partial charge in [-0.05, 0) is 65.0 Å². The van der Waals surface area contributed by atoms with Crippen LogP contribution >= 0.6 is 58.0 Å². The van der Waals surface area contributed by atoms with E-state index in [1.54, 1.807) is 72.4 Å². The van der Waals surface area contributed by atoms with Gasteiger partial charge in [0.15, 0.2) is 0 Å². The molecule has 0 aliphatic carbocycles. The van der Waals surface area contributed by atoms with Crippen molar-refractivity contribution in [3.8, 4) is 0 Å². The van der Waals surface area contributed by atoms with Crippen LogP contribution in [0.3, 0.4) is 0 Å². The molecule has 3 aromatic heterocycles. The van der Waals surface area contributed by atoms with Gasteiger partial charge in [0.2, 0.25) is 5.91 Å². The number of hydrogen-bond donors (Lipinski definition) is 5. The van der Waals surface area contributed by atoms with Crippen molar-refractivity contribution >= 4 is 88.0 Å². The first-order valence-corrected chi connectivity index (χ1v) is 26.5. The Morgan fingerprint density at radius 2 is 1.08 bits per heavy atom. The van der Waals surface area contributed by atoms with E-state index in [4.69, 9.17) is 9.84 Å². The van der Waals surface area contributed by atoms with E-state index in [1.165, 1.54) is 16.2 Å². The minimum absolute atomic E-state index is 0. The van der Waals surface area contributed by atoms with Crippen LogP contribution in [-0.2, 0) is 46.9 Å². The lowest BCUT2D eigenvalue weighted by Crippen LogP contribution is -2.56. The Morgan fingerprint density at radius 3 is 1.49 bits per heavy atom. The molecule has 2 aromatic carbocycles. The topological polar surface area (TPSA) is 215 Å². The Hall–Kier alpha value is -5.27. The second kappa shape index (κ2) is 33.6. The van der Waals surface area contributed by atoms with Crippen molar-refractivity contribution in [2.75, 3.05) is 55.4 Å². The molecule has 6 amide bonds. The molecule has 0 radical (unpaired) electrons. The number of rotatable bonds is 25. The highest BCUT2D eigenvalue weighted by atomic mass is 127. The second-order valence-electron chi connectivity index (χ2n) is 18.8. The van der Waals surface area contributed by atoms with E-state index in [0.717, 1.165) is 37.4 Å². The Labute approximate surface area is 467 Å². The molecule has 0 bridgehead atoms. The number of carboxylic acids is 1. The maximum Gasteiger partial charge on any atom is 0.407 e. The number of alkyl carbamates (subject to hydrolysis) is 1. The van der Waals surface area contributed by atoms with Crippen molar-refractivity contribution in [3.63, 3.8) is 0 Å². The van der Waals surface area contributed by atoms with Gasteiger partial charge in [-0.1, -0.05) is 95.8 Å². The summed E-state index contributed by atoms with van der Waals surface area (Å²) in [7, 11) is 10.6. The van der Waals surface area contributed by atoms with Crippen LogP contribution in [0.1, 0.15) is 97.2 Å². The number of halogens is 1. The Bertz CT molecular complexity index is 2410. The summed E-state index contributed by atoms with van der Waals surface area (Å²) < 4.78 is 5.49. The van der Waals surface area contributed by atoms with Crippen LogP contribution in [0.5, 0.6) is 0 Å². The van der Waals surface area contributed by atoms with E-state index in [9.17, 15) is 24.0 Å². The predicted molar refractivity (Wildman–Crippen MR) is 308 cm³/mol. The average molecular weight is 1190 g/mol. The molecule has 0 fully saturated rings. The molecule has 408 valence electrons. The molecular formula is C52H78IN11O7S3. The van der Waals surface area contributed by atoms with Crippen molar-refractivity contribution < 1.29 is 33.8 Å². The molecule has 74 heavy (non-hydrogen) atoms. The number of urea groups is 2. The zero-order valence-electron chi connectivity index (χ0n) is 43.6. The second-order valence-corrected chi connectivity index (χ2v) is 21.5. The highest BCUT2D eigenvalue weighted by molar-refractivity contribution is 14.0. The first-order valence-electron chi connectivity index (χ1n) is 23.9. The molecule has 0 spiro atoms. The van der Waals surface area contributed by atoms with Gasteiger partial charge in [-0.15, -0.1) is 58.0 Å². The zero-order chi connectivity index (χ0) is 52.7. The highest BCUT2D eigenvalue weighted by Crippen LogP contribution is 2.21. The third-order valence-electron chi connectivity index (χ3n) is 10.9.